The van der Waals surface area contributed by atoms with Crippen LogP contribution >= 0.6 is 24.8 Å². The summed E-state index contributed by atoms with van der Waals surface area (Å²) in [5.41, 5.74) is 8.57. The van der Waals surface area contributed by atoms with Crippen molar-refractivity contribution in [3.05, 3.63) is 35.4 Å². The Bertz CT molecular complexity index is 553. The number of carbonyl (C=O) groups excluding carboxylic acids is 1. The molecule has 1 aromatic carbocycles. The molecule has 3 rings (SSSR count). The van der Waals surface area contributed by atoms with Crippen molar-refractivity contribution in [3.63, 3.8) is 0 Å². The molecule has 0 atom stereocenters. The van der Waals surface area contributed by atoms with Crippen molar-refractivity contribution < 1.29 is 4.79 Å². The highest BCUT2D eigenvalue weighted by Crippen LogP contribution is 2.38. The number of nitrogens with two attached hydrogens (primary N) is 1. The second-order valence-electron chi connectivity index (χ2n) is 8.02. The topological polar surface area (TPSA) is 58.4 Å². The summed E-state index contributed by atoms with van der Waals surface area (Å²) in [5, 5.41) is 3.09. The molecule has 154 valence electrons. The largest absolute Gasteiger partial charge is 0.352 e. The highest BCUT2D eigenvalue weighted by atomic mass is 35.5. The molecule has 0 radical (unpaired) electrons. The first-order chi connectivity index (χ1) is 12.2. The Morgan fingerprint density at radius 2 is 1.56 bits per heavy atom. The van der Waals surface area contributed by atoms with Gasteiger partial charge >= 0.3 is 0 Å². The van der Waals surface area contributed by atoms with E-state index in [9.17, 15) is 4.79 Å². The third-order valence-corrected chi connectivity index (χ3v) is 6.00. The molecular weight excluding hydrogens is 381 g/mol. The van der Waals surface area contributed by atoms with Crippen LogP contribution in [-0.4, -0.2) is 30.4 Å². The number of halogens is 2. The van der Waals surface area contributed by atoms with Crippen LogP contribution in [0.3, 0.4) is 0 Å². The standard InChI is InChI=1S/C21H33N3O.2ClH/c22-17-21(10-2-1-3-11-21)14-20(25)23-15-18-6-8-19(9-7-18)16-24-12-4-5-13-24;;/h6-9H,1-5,10-17,22H2,(H,23,25);2*1H. The van der Waals surface area contributed by atoms with E-state index in [2.05, 4.69) is 34.5 Å². The minimum atomic E-state index is 0. The number of benzene rings is 1. The zero-order chi connectivity index (χ0) is 17.5. The summed E-state index contributed by atoms with van der Waals surface area (Å²) in [6.45, 7) is 4.74. The Hall–Kier alpha value is -0.810. The van der Waals surface area contributed by atoms with E-state index in [1.54, 1.807) is 0 Å². The van der Waals surface area contributed by atoms with E-state index < -0.39 is 0 Å². The molecule has 1 saturated heterocycles. The maximum Gasteiger partial charge on any atom is 0.220 e. The van der Waals surface area contributed by atoms with E-state index in [-0.39, 0.29) is 36.1 Å². The van der Waals surface area contributed by atoms with Crippen molar-refractivity contribution in [1.29, 1.82) is 0 Å². The maximum absolute atomic E-state index is 12.4. The predicted molar refractivity (Wildman–Crippen MR) is 116 cm³/mol. The lowest BCUT2D eigenvalue weighted by molar-refractivity contribution is -0.124. The fourth-order valence-corrected chi connectivity index (χ4v) is 4.32. The summed E-state index contributed by atoms with van der Waals surface area (Å²) < 4.78 is 0. The van der Waals surface area contributed by atoms with Crippen LogP contribution < -0.4 is 11.1 Å². The molecule has 1 aliphatic heterocycles. The third-order valence-electron chi connectivity index (χ3n) is 6.00. The monoisotopic (exact) mass is 415 g/mol. The highest BCUT2D eigenvalue weighted by Gasteiger charge is 2.32. The Balaban J connectivity index is 0.00000182. The Labute approximate surface area is 176 Å². The maximum atomic E-state index is 12.4. The number of nitrogens with zero attached hydrogens (tertiary/aromatic N) is 1. The van der Waals surface area contributed by atoms with Gasteiger partial charge in [0.05, 0.1) is 0 Å². The Kier molecular flexibility index (Phi) is 10.7. The first-order valence-electron chi connectivity index (χ1n) is 9.96. The molecule has 0 spiro atoms. The molecule has 1 aliphatic carbocycles. The molecule has 1 saturated carbocycles. The van der Waals surface area contributed by atoms with E-state index in [1.807, 2.05) is 0 Å². The molecule has 0 aromatic heterocycles. The molecule has 3 N–H and O–H groups in total. The van der Waals surface area contributed by atoms with Gasteiger partial charge in [0.25, 0.3) is 0 Å². The molecule has 27 heavy (non-hydrogen) atoms. The number of likely N-dealkylation sites (tertiary alicyclic amines) is 1. The molecule has 0 unspecified atom stereocenters. The minimum absolute atomic E-state index is 0. The molecule has 1 amide bonds. The Morgan fingerprint density at radius 3 is 2.15 bits per heavy atom. The van der Waals surface area contributed by atoms with Crippen molar-refractivity contribution in [2.45, 2.75) is 64.5 Å². The number of carbonyl (C=O) groups is 1. The van der Waals surface area contributed by atoms with E-state index in [1.165, 1.54) is 56.3 Å². The molecule has 1 heterocycles. The minimum Gasteiger partial charge on any atom is -0.352 e. The predicted octanol–water partition coefficient (Wildman–Crippen LogP) is 4.04. The quantitative estimate of drug-likeness (QED) is 0.705. The second-order valence-corrected chi connectivity index (χ2v) is 8.02. The average molecular weight is 416 g/mol. The van der Waals surface area contributed by atoms with Gasteiger partial charge in [-0.3, -0.25) is 9.69 Å². The van der Waals surface area contributed by atoms with Crippen molar-refractivity contribution in [2.75, 3.05) is 19.6 Å². The van der Waals surface area contributed by atoms with Crippen molar-refractivity contribution in [3.8, 4) is 0 Å². The van der Waals surface area contributed by atoms with Crippen LogP contribution in [0.5, 0.6) is 0 Å². The normalized spacial score (nSPS) is 19.0. The van der Waals surface area contributed by atoms with Gasteiger partial charge in [-0.15, -0.1) is 24.8 Å². The smallest absolute Gasteiger partial charge is 0.220 e. The van der Waals surface area contributed by atoms with Crippen molar-refractivity contribution >= 4 is 30.7 Å². The number of amides is 1. The first kappa shape index (κ1) is 24.2. The van der Waals surface area contributed by atoms with Crippen molar-refractivity contribution in [2.24, 2.45) is 11.1 Å². The molecular formula is C21H35Cl2N3O. The Morgan fingerprint density at radius 1 is 0.963 bits per heavy atom. The van der Waals surface area contributed by atoms with Gasteiger partial charge in [-0.25, -0.2) is 0 Å². The van der Waals surface area contributed by atoms with E-state index in [4.69, 9.17) is 5.73 Å². The van der Waals surface area contributed by atoms with Crippen LogP contribution in [0.25, 0.3) is 0 Å². The molecule has 2 fully saturated rings. The number of hydrogen-bond donors (Lipinski definition) is 2. The number of hydrogen-bond acceptors (Lipinski definition) is 3. The summed E-state index contributed by atoms with van der Waals surface area (Å²) in [4.78, 5) is 14.9. The third kappa shape index (κ3) is 7.26. The number of nitrogens with one attached hydrogen (secondary N) is 1. The summed E-state index contributed by atoms with van der Waals surface area (Å²) in [6.07, 6.45) is 9.14. The fourth-order valence-electron chi connectivity index (χ4n) is 4.32. The summed E-state index contributed by atoms with van der Waals surface area (Å²) in [7, 11) is 0. The lowest BCUT2D eigenvalue weighted by atomic mass is 9.71. The lowest BCUT2D eigenvalue weighted by Crippen LogP contribution is -2.38. The van der Waals surface area contributed by atoms with Gasteiger partial charge < -0.3 is 11.1 Å². The van der Waals surface area contributed by atoms with Crippen LogP contribution in [0.1, 0.15) is 62.5 Å². The van der Waals surface area contributed by atoms with E-state index in [0.717, 1.165) is 19.4 Å². The summed E-state index contributed by atoms with van der Waals surface area (Å²) >= 11 is 0. The molecule has 2 aliphatic rings. The van der Waals surface area contributed by atoms with Gasteiger partial charge in [-0.1, -0.05) is 43.5 Å². The highest BCUT2D eigenvalue weighted by molar-refractivity contribution is 5.85. The van der Waals surface area contributed by atoms with Crippen LogP contribution in [0.4, 0.5) is 0 Å². The van der Waals surface area contributed by atoms with Crippen LogP contribution in [0.2, 0.25) is 0 Å². The molecule has 6 heteroatoms. The number of rotatable bonds is 7. The van der Waals surface area contributed by atoms with Gasteiger partial charge in [-0.2, -0.15) is 0 Å². The fraction of sp³-hybridized carbons (Fsp3) is 0.667. The van der Waals surface area contributed by atoms with Gasteiger partial charge in [0, 0.05) is 19.5 Å². The zero-order valence-electron chi connectivity index (χ0n) is 16.3. The molecule has 4 nitrogen and oxygen atoms in total. The van der Waals surface area contributed by atoms with E-state index in [0.29, 0.717) is 19.5 Å². The van der Waals surface area contributed by atoms with Gasteiger partial charge in [0.1, 0.15) is 0 Å². The van der Waals surface area contributed by atoms with Gasteiger partial charge in [0.15, 0.2) is 0 Å². The second kappa shape index (κ2) is 11.9. The first-order valence-corrected chi connectivity index (χ1v) is 9.96. The average Bonchev–Trinajstić information content (AvgIpc) is 3.15. The SMILES string of the molecule is Cl.Cl.NCC1(CC(=O)NCc2ccc(CN3CCCC3)cc2)CCCCC1. The summed E-state index contributed by atoms with van der Waals surface area (Å²) in [6, 6.07) is 8.68. The molecule has 1 aromatic rings. The van der Waals surface area contributed by atoms with Crippen LogP contribution in [-0.2, 0) is 17.9 Å². The van der Waals surface area contributed by atoms with E-state index >= 15 is 0 Å². The van der Waals surface area contributed by atoms with Gasteiger partial charge in [0.2, 0.25) is 5.91 Å². The van der Waals surface area contributed by atoms with Crippen LogP contribution in [0, 0.1) is 5.41 Å². The molecule has 0 bridgehead atoms. The van der Waals surface area contributed by atoms with Crippen molar-refractivity contribution in [1.82, 2.24) is 10.2 Å². The van der Waals surface area contributed by atoms with Gasteiger partial charge in [-0.05, 0) is 61.9 Å². The zero-order valence-corrected chi connectivity index (χ0v) is 17.9. The van der Waals surface area contributed by atoms with Crippen LogP contribution in [0.15, 0.2) is 24.3 Å². The summed E-state index contributed by atoms with van der Waals surface area (Å²) in [5.74, 6) is 0.147. The lowest BCUT2D eigenvalue weighted by Gasteiger charge is -2.35.